The van der Waals surface area contributed by atoms with Gasteiger partial charge in [-0.25, -0.2) is 0 Å². The Kier molecular flexibility index (Phi) is 5.88. The van der Waals surface area contributed by atoms with Crippen molar-refractivity contribution in [3.05, 3.63) is 36.0 Å². The number of amides is 1. The average molecular weight is 412 g/mol. The summed E-state index contributed by atoms with van der Waals surface area (Å²) in [4.78, 5) is 15.2. The fourth-order valence-corrected chi connectivity index (χ4v) is 5.77. The second-order valence-electron chi connectivity index (χ2n) is 9.48. The fourth-order valence-electron chi connectivity index (χ4n) is 5.77. The fraction of sp³-hybridized carbons (Fsp3) is 0.696. The number of hydrogen-bond donors (Lipinski definition) is 1. The Morgan fingerprint density at radius 3 is 2.90 bits per heavy atom. The van der Waals surface area contributed by atoms with Crippen molar-refractivity contribution in [2.75, 3.05) is 13.1 Å². The van der Waals surface area contributed by atoms with E-state index in [1.54, 1.807) is 6.26 Å². The molecule has 3 saturated heterocycles. The molecular weight excluding hydrogens is 378 g/mol. The summed E-state index contributed by atoms with van der Waals surface area (Å²) in [6, 6.07) is 4.21. The summed E-state index contributed by atoms with van der Waals surface area (Å²) in [7, 11) is 0. The quantitative estimate of drug-likeness (QED) is 0.758. The molecule has 1 amide bonds. The third kappa shape index (κ3) is 4.46. The van der Waals surface area contributed by atoms with E-state index in [-0.39, 0.29) is 11.8 Å². The van der Waals surface area contributed by atoms with Crippen molar-refractivity contribution < 1.29 is 9.21 Å². The lowest BCUT2D eigenvalue weighted by Crippen LogP contribution is -2.57. The zero-order valence-corrected chi connectivity index (χ0v) is 17.7. The number of piperidine rings is 3. The molecule has 7 nitrogen and oxygen atoms in total. The molecule has 2 aromatic heterocycles. The van der Waals surface area contributed by atoms with Gasteiger partial charge < -0.3 is 9.73 Å². The normalized spacial score (nSPS) is 29.2. The highest BCUT2D eigenvalue weighted by molar-refractivity contribution is 5.79. The summed E-state index contributed by atoms with van der Waals surface area (Å²) < 4.78 is 7.36. The minimum Gasteiger partial charge on any atom is -0.467 e. The monoisotopic (exact) mass is 411 g/mol. The highest BCUT2D eigenvalue weighted by Gasteiger charge is 2.43. The Morgan fingerprint density at radius 1 is 1.23 bits per heavy atom. The Labute approximate surface area is 178 Å². The third-order valence-corrected chi connectivity index (χ3v) is 7.44. The minimum atomic E-state index is 0.0857. The number of carbonyl (C=O) groups is 1. The number of aromatic nitrogens is 3. The first kappa shape index (κ1) is 19.8. The number of fused-ring (bicyclic) bond motifs is 3. The molecule has 1 aliphatic carbocycles. The van der Waals surface area contributed by atoms with Crippen LogP contribution in [0.25, 0.3) is 0 Å². The smallest absolute Gasteiger partial charge is 0.225 e. The molecule has 30 heavy (non-hydrogen) atoms. The van der Waals surface area contributed by atoms with E-state index in [4.69, 9.17) is 4.42 Å². The molecular formula is C23H33N5O2. The predicted molar refractivity (Wildman–Crippen MR) is 112 cm³/mol. The second-order valence-corrected chi connectivity index (χ2v) is 9.48. The van der Waals surface area contributed by atoms with E-state index < -0.39 is 0 Å². The van der Waals surface area contributed by atoms with Gasteiger partial charge in [-0.15, -0.1) is 5.10 Å². The molecule has 3 aliphatic heterocycles. The number of rotatable bonds is 7. The molecule has 2 bridgehead atoms. The van der Waals surface area contributed by atoms with Crippen LogP contribution in [0.5, 0.6) is 0 Å². The lowest BCUT2D eigenvalue weighted by molar-refractivity contribution is -0.133. The van der Waals surface area contributed by atoms with Crippen molar-refractivity contribution in [3.63, 3.8) is 0 Å². The van der Waals surface area contributed by atoms with Crippen LogP contribution in [-0.2, 0) is 24.3 Å². The molecule has 1 N–H and O–H groups in total. The van der Waals surface area contributed by atoms with Crippen molar-refractivity contribution in [2.45, 2.75) is 70.5 Å². The molecule has 162 valence electrons. The van der Waals surface area contributed by atoms with Crippen LogP contribution in [0.4, 0.5) is 0 Å². The standard InChI is InChI=1S/C23H33N5O2/c29-23(24-13-21-7-4-10-30-21)22-16-27-9-8-18(22)12-20(27)15-28-14-19(25-26-28)11-17-5-2-1-3-6-17/h4,7,10,14,17-18,20,22H,1-3,5-6,8-9,11-13,15-16H2,(H,24,29)/t18-,20-,22-/m1/s1. The summed E-state index contributed by atoms with van der Waals surface area (Å²) in [5.41, 5.74) is 1.15. The van der Waals surface area contributed by atoms with Gasteiger partial charge in [-0.3, -0.25) is 14.4 Å². The van der Waals surface area contributed by atoms with Crippen molar-refractivity contribution in [1.82, 2.24) is 25.2 Å². The van der Waals surface area contributed by atoms with Gasteiger partial charge in [-0.2, -0.15) is 0 Å². The van der Waals surface area contributed by atoms with Crippen LogP contribution in [0.2, 0.25) is 0 Å². The predicted octanol–water partition coefficient (Wildman–Crippen LogP) is 3.02. The average Bonchev–Trinajstić information content (AvgIpc) is 3.45. The molecule has 4 aliphatic rings. The van der Waals surface area contributed by atoms with Crippen molar-refractivity contribution in [1.29, 1.82) is 0 Å². The summed E-state index contributed by atoms with van der Waals surface area (Å²) in [6.07, 6.45) is 13.9. The molecule has 0 spiro atoms. The van der Waals surface area contributed by atoms with Gasteiger partial charge >= 0.3 is 0 Å². The van der Waals surface area contributed by atoms with E-state index >= 15 is 0 Å². The van der Waals surface area contributed by atoms with Gasteiger partial charge in [0.05, 0.1) is 31.0 Å². The van der Waals surface area contributed by atoms with E-state index in [9.17, 15) is 4.79 Å². The largest absolute Gasteiger partial charge is 0.467 e. The first-order valence-electron chi connectivity index (χ1n) is 11.7. The summed E-state index contributed by atoms with van der Waals surface area (Å²) in [6.45, 7) is 3.29. The number of nitrogens with zero attached hydrogens (tertiary/aromatic N) is 4. The van der Waals surface area contributed by atoms with E-state index in [1.807, 2.05) is 16.8 Å². The van der Waals surface area contributed by atoms with Gasteiger partial charge in [0.1, 0.15) is 5.76 Å². The molecule has 4 atom stereocenters. The maximum absolute atomic E-state index is 12.7. The van der Waals surface area contributed by atoms with Crippen molar-refractivity contribution in [2.24, 2.45) is 17.8 Å². The summed E-state index contributed by atoms with van der Waals surface area (Å²) in [5, 5.41) is 11.9. The minimum absolute atomic E-state index is 0.0857. The van der Waals surface area contributed by atoms with E-state index in [0.717, 1.165) is 56.3 Å². The van der Waals surface area contributed by atoms with E-state index in [0.29, 0.717) is 18.5 Å². The van der Waals surface area contributed by atoms with E-state index in [2.05, 4.69) is 26.7 Å². The Hall–Kier alpha value is -2.15. The third-order valence-electron chi connectivity index (χ3n) is 7.44. The number of nitrogens with one attached hydrogen (secondary N) is 1. The molecule has 1 unspecified atom stereocenters. The van der Waals surface area contributed by atoms with Crippen LogP contribution in [-0.4, -0.2) is 44.9 Å². The number of carbonyl (C=O) groups excluding carboxylic acids is 1. The molecule has 0 aromatic carbocycles. The first-order valence-corrected chi connectivity index (χ1v) is 11.7. The maximum Gasteiger partial charge on any atom is 0.225 e. The number of hydrogen-bond acceptors (Lipinski definition) is 5. The molecule has 6 rings (SSSR count). The molecule has 4 fully saturated rings. The Balaban J connectivity index is 1.13. The van der Waals surface area contributed by atoms with Gasteiger partial charge in [-0.1, -0.05) is 37.3 Å². The van der Waals surface area contributed by atoms with Crippen LogP contribution < -0.4 is 5.32 Å². The van der Waals surface area contributed by atoms with Crippen LogP contribution >= 0.6 is 0 Å². The van der Waals surface area contributed by atoms with Gasteiger partial charge in [-0.05, 0) is 49.8 Å². The van der Waals surface area contributed by atoms with Gasteiger partial charge in [0.15, 0.2) is 0 Å². The highest BCUT2D eigenvalue weighted by Crippen LogP contribution is 2.37. The maximum atomic E-state index is 12.7. The SMILES string of the molecule is O=C(NCc1ccco1)[C@@H]1CN2CC[C@@H]1C[C@@H]2Cn1cc(CC2CCCCC2)nn1. The summed E-state index contributed by atoms with van der Waals surface area (Å²) >= 11 is 0. The Morgan fingerprint density at radius 2 is 2.13 bits per heavy atom. The van der Waals surface area contributed by atoms with Gasteiger partial charge in [0.25, 0.3) is 0 Å². The summed E-state index contributed by atoms with van der Waals surface area (Å²) in [5.74, 6) is 2.30. The van der Waals surface area contributed by atoms with Crippen LogP contribution in [0, 0.1) is 17.8 Å². The first-order chi connectivity index (χ1) is 14.7. The van der Waals surface area contributed by atoms with Gasteiger partial charge in [0, 0.05) is 18.8 Å². The van der Waals surface area contributed by atoms with E-state index in [1.165, 1.54) is 32.1 Å². The molecule has 7 heteroatoms. The lowest BCUT2D eigenvalue weighted by atomic mass is 9.75. The zero-order chi connectivity index (χ0) is 20.3. The molecule has 2 aromatic rings. The molecule has 1 saturated carbocycles. The van der Waals surface area contributed by atoms with Crippen LogP contribution in [0.3, 0.4) is 0 Å². The lowest BCUT2D eigenvalue weighted by Gasteiger charge is -2.49. The molecule has 0 radical (unpaired) electrons. The topological polar surface area (TPSA) is 76.2 Å². The second kappa shape index (κ2) is 8.92. The highest BCUT2D eigenvalue weighted by atomic mass is 16.3. The van der Waals surface area contributed by atoms with Crippen LogP contribution in [0.15, 0.2) is 29.0 Å². The van der Waals surface area contributed by atoms with Crippen LogP contribution in [0.1, 0.15) is 56.4 Å². The Bertz CT molecular complexity index is 827. The van der Waals surface area contributed by atoms with Gasteiger partial charge in [0.2, 0.25) is 5.91 Å². The number of furan rings is 1. The molecule has 5 heterocycles. The van der Waals surface area contributed by atoms with Crippen molar-refractivity contribution in [3.8, 4) is 0 Å². The zero-order valence-electron chi connectivity index (χ0n) is 17.7. The van der Waals surface area contributed by atoms with Crippen molar-refractivity contribution >= 4 is 5.91 Å².